The van der Waals surface area contributed by atoms with E-state index in [0.29, 0.717) is 17.2 Å². The monoisotopic (exact) mass is 336 g/mol. The maximum atomic E-state index is 11.5. The molecule has 0 amide bonds. The summed E-state index contributed by atoms with van der Waals surface area (Å²) in [6.07, 6.45) is 0.538. The van der Waals surface area contributed by atoms with Crippen LogP contribution in [0.5, 0.6) is 11.5 Å². The number of rotatable bonds is 8. The van der Waals surface area contributed by atoms with Gasteiger partial charge in [-0.2, -0.15) is 0 Å². The van der Waals surface area contributed by atoms with Crippen molar-refractivity contribution in [2.24, 2.45) is 0 Å². The maximum Gasteiger partial charge on any atom is 0.341 e. The molecule has 2 rings (SSSR count). The molecule has 9 heteroatoms. The molecule has 126 valence electrons. The van der Waals surface area contributed by atoms with E-state index in [0.717, 1.165) is 6.07 Å². The van der Waals surface area contributed by atoms with Gasteiger partial charge in [0.2, 0.25) is 0 Å². The second-order valence-electron chi connectivity index (χ2n) is 4.62. The summed E-state index contributed by atoms with van der Waals surface area (Å²) < 4.78 is 15.1. The molecular weight excluding hydrogens is 324 g/mol. The van der Waals surface area contributed by atoms with Crippen molar-refractivity contribution in [2.75, 3.05) is 13.2 Å². The highest BCUT2D eigenvalue weighted by atomic mass is 16.5. The number of aldehydes is 1. The van der Waals surface area contributed by atoms with Crippen LogP contribution in [0.3, 0.4) is 0 Å². The van der Waals surface area contributed by atoms with Gasteiger partial charge in [-0.05, 0) is 11.6 Å². The third-order valence-electron chi connectivity index (χ3n) is 2.90. The Morgan fingerprint density at radius 2 is 1.62 bits per heavy atom. The normalized spacial score (nSPS) is 10.3. The van der Waals surface area contributed by atoms with Gasteiger partial charge in [-0.1, -0.05) is 0 Å². The molecule has 0 unspecified atom stereocenters. The number of hydrogen-bond donors (Lipinski definition) is 2. The summed E-state index contributed by atoms with van der Waals surface area (Å²) in [5.41, 5.74) is -0.272. The number of hydrogen-bond acceptors (Lipinski definition) is 7. The number of carbonyl (C=O) groups is 3. The quantitative estimate of drug-likeness (QED) is 0.519. The Morgan fingerprint density at radius 3 is 2.17 bits per heavy atom. The highest BCUT2D eigenvalue weighted by Gasteiger charge is 2.15. The summed E-state index contributed by atoms with van der Waals surface area (Å²) in [6.45, 7) is -1.39. The molecule has 2 aromatic rings. The van der Waals surface area contributed by atoms with E-state index in [-0.39, 0.29) is 23.5 Å². The molecule has 24 heavy (non-hydrogen) atoms. The Hall–Kier alpha value is -3.36. The topological polar surface area (TPSA) is 140 Å². The third kappa shape index (κ3) is 4.09. The molecule has 0 aliphatic carbocycles. The standard InChI is InChI=1S/C15H12O9/c16-2-1-8-3-15(21)24-10-5-12(23-7-14(19)20)11(4-9(8)10)22-6-13(17)18/h2-5H,1,6-7H2,(H,17,18)(H,19,20). The van der Waals surface area contributed by atoms with Crippen LogP contribution in [0.2, 0.25) is 0 Å². The molecule has 0 spiro atoms. The van der Waals surface area contributed by atoms with Crippen LogP contribution >= 0.6 is 0 Å². The number of carboxylic acids is 2. The molecule has 0 aliphatic heterocycles. The summed E-state index contributed by atoms with van der Waals surface area (Å²) in [4.78, 5) is 43.6. The maximum absolute atomic E-state index is 11.5. The Balaban J connectivity index is 2.56. The van der Waals surface area contributed by atoms with Crippen LogP contribution in [0.25, 0.3) is 11.0 Å². The number of fused-ring (bicyclic) bond motifs is 1. The first-order chi connectivity index (χ1) is 11.4. The average Bonchev–Trinajstić information content (AvgIpc) is 2.50. The Bertz CT molecular complexity index is 850. The Kier molecular flexibility index (Phi) is 5.15. The van der Waals surface area contributed by atoms with Gasteiger partial charge in [-0.15, -0.1) is 0 Å². The molecule has 0 aliphatic rings. The minimum absolute atomic E-state index is 0.0489. The van der Waals surface area contributed by atoms with E-state index in [1.54, 1.807) is 0 Å². The highest BCUT2D eigenvalue weighted by Crippen LogP contribution is 2.33. The van der Waals surface area contributed by atoms with Crippen LogP contribution < -0.4 is 15.1 Å². The van der Waals surface area contributed by atoms with Gasteiger partial charge in [0.15, 0.2) is 24.7 Å². The average molecular weight is 336 g/mol. The highest BCUT2D eigenvalue weighted by molar-refractivity contribution is 5.86. The van der Waals surface area contributed by atoms with Crippen molar-refractivity contribution < 1.29 is 38.5 Å². The van der Waals surface area contributed by atoms with E-state index >= 15 is 0 Å². The van der Waals surface area contributed by atoms with Crippen LogP contribution in [-0.2, 0) is 20.8 Å². The zero-order chi connectivity index (χ0) is 17.7. The predicted octanol–water partition coefficient (Wildman–Crippen LogP) is 0.461. The smallest absolute Gasteiger partial charge is 0.341 e. The van der Waals surface area contributed by atoms with Crippen LogP contribution in [0.1, 0.15) is 5.56 Å². The van der Waals surface area contributed by atoms with Gasteiger partial charge in [-0.3, -0.25) is 0 Å². The van der Waals surface area contributed by atoms with E-state index in [1.165, 1.54) is 12.1 Å². The van der Waals surface area contributed by atoms with Crippen molar-refractivity contribution in [2.45, 2.75) is 6.42 Å². The lowest BCUT2D eigenvalue weighted by molar-refractivity contribution is -0.140. The van der Waals surface area contributed by atoms with Crippen LogP contribution in [-0.4, -0.2) is 41.7 Å². The largest absolute Gasteiger partial charge is 0.479 e. The van der Waals surface area contributed by atoms with Gasteiger partial charge >= 0.3 is 17.6 Å². The van der Waals surface area contributed by atoms with E-state index in [1.807, 2.05) is 0 Å². The number of ether oxygens (including phenoxy) is 2. The number of aliphatic carboxylic acids is 2. The first kappa shape index (κ1) is 17.0. The summed E-state index contributed by atoms with van der Waals surface area (Å²) in [5, 5.41) is 17.7. The molecule has 1 heterocycles. The van der Waals surface area contributed by atoms with Crippen LogP contribution in [0.15, 0.2) is 27.4 Å². The second kappa shape index (κ2) is 7.27. The van der Waals surface area contributed by atoms with Crippen molar-refractivity contribution in [3.05, 3.63) is 34.2 Å². The van der Waals surface area contributed by atoms with Gasteiger partial charge in [0.1, 0.15) is 11.9 Å². The SMILES string of the molecule is O=CCc1cc(=O)oc2cc(OCC(=O)O)c(OCC(=O)O)cc12. The fraction of sp³-hybridized carbons (Fsp3) is 0.200. The molecular formula is C15H12O9. The Labute approximate surface area is 134 Å². The van der Waals surface area contributed by atoms with Gasteiger partial charge in [0, 0.05) is 23.9 Å². The lowest BCUT2D eigenvalue weighted by Gasteiger charge is -2.12. The van der Waals surface area contributed by atoms with E-state index in [2.05, 4.69) is 0 Å². The van der Waals surface area contributed by atoms with Gasteiger partial charge in [0.25, 0.3) is 0 Å². The molecule has 2 N–H and O–H groups in total. The second-order valence-corrected chi connectivity index (χ2v) is 4.62. The molecule has 9 nitrogen and oxygen atoms in total. The van der Waals surface area contributed by atoms with Crippen LogP contribution in [0.4, 0.5) is 0 Å². The summed E-state index contributed by atoms with van der Waals surface area (Å²) in [5.74, 6) is -2.65. The summed E-state index contributed by atoms with van der Waals surface area (Å²) in [7, 11) is 0. The van der Waals surface area contributed by atoms with E-state index in [4.69, 9.17) is 24.1 Å². The lowest BCUT2D eigenvalue weighted by Crippen LogP contribution is -2.13. The minimum atomic E-state index is -1.25. The van der Waals surface area contributed by atoms with Crippen molar-refractivity contribution in [1.29, 1.82) is 0 Å². The molecule has 1 aromatic heterocycles. The van der Waals surface area contributed by atoms with Crippen molar-refractivity contribution in [3.8, 4) is 11.5 Å². The van der Waals surface area contributed by atoms with Gasteiger partial charge in [-0.25, -0.2) is 14.4 Å². The molecule has 1 aromatic carbocycles. The van der Waals surface area contributed by atoms with Crippen molar-refractivity contribution in [1.82, 2.24) is 0 Å². The fourth-order valence-electron chi connectivity index (χ4n) is 2.00. The lowest BCUT2D eigenvalue weighted by atomic mass is 10.1. The molecule has 0 saturated heterocycles. The number of benzene rings is 1. The van der Waals surface area contributed by atoms with E-state index in [9.17, 15) is 19.2 Å². The first-order valence-corrected chi connectivity index (χ1v) is 6.64. The zero-order valence-electron chi connectivity index (χ0n) is 12.2. The van der Waals surface area contributed by atoms with Crippen LogP contribution in [0, 0.1) is 0 Å². The fourth-order valence-corrected chi connectivity index (χ4v) is 2.00. The number of carboxylic acid groups (broad SMARTS) is 2. The minimum Gasteiger partial charge on any atom is -0.479 e. The summed E-state index contributed by atoms with van der Waals surface area (Å²) >= 11 is 0. The molecule has 0 bridgehead atoms. The van der Waals surface area contributed by atoms with Gasteiger partial charge in [0.05, 0.1) is 0 Å². The van der Waals surface area contributed by atoms with Crippen molar-refractivity contribution in [3.63, 3.8) is 0 Å². The zero-order valence-corrected chi connectivity index (χ0v) is 12.2. The molecule has 0 saturated carbocycles. The Morgan fingerprint density at radius 1 is 1.04 bits per heavy atom. The van der Waals surface area contributed by atoms with E-state index < -0.39 is 30.8 Å². The third-order valence-corrected chi connectivity index (χ3v) is 2.90. The molecule has 0 fully saturated rings. The molecule has 0 radical (unpaired) electrons. The molecule has 0 atom stereocenters. The number of carbonyl (C=O) groups excluding carboxylic acids is 1. The predicted molar refractivity (Wildman–Crippen MR) is 78.5 cm³/mol. The first-order valence-electron chi connectivity index (χ1n) is 6.64. The summed E-state index contributed by atoms with van der Waals surface area (Å²) in [6, 6.07) is 3.68. The van der Waals surface area contributed by atoms with Gasteiger partial charge < -0.3 is 28.9 Å². The van der Waals surface area contributed by atoms with Crippen molar-refractivity contribution >= 4 is 29.2 Å².